The molecule has 0 spiro atoms. The summed E-state index contributed by atoms with van der Waals surface area (Å²) in [6.07, 6.45) is 7.92. The highest BCUT2D eigenvalue weighted by molar-refractivity contribution is 7.98. The van der Waals surface area contributed by atoms with Gasteiger partial charge in [-0.3, -0.25) is 4.79 Å². The Morgan fingerprint density at radius 2 is 1.91 bits per heavy atom. The first-order chi connectivity index (χ1) is 16.2. The van der Waals surface area contributed by atoms with Crippen molar-refractivity contribution >= 4 is 46.6 Å². The van der Waals surface area contributed by atoms with E-state index in [4.69, 9.17) is 0 Å². The smallest absolute Gasteiger partial charge is 0.228 e. The Hall–Kier alpha value is -3.40. The fraction of sp³-hybridized carbons (Fsp3) is 0.348. The maximum atomic E-state index is 13.0. The molecule has 0 saturated carbocycles. The predicted octanol–water partition coefficient (Wildman–Crippen LogP) is 3.56. The molecule has 2 aliphatic rings. The van der Waals surface area contributed by atoms with Gasteiger partial charge in [-0.15, -0.1) is 0 Å². The molecule has 1 saturated heterocycles. The van der Waals surface area contributed by atoms with Gasteiger partial charge in [0.1, 0.15) is 11.6 Å². The number of nitrogens with zero attached hydrogens (tertiary/aromatic N) is 5. The molecule has 9 nitrogen and oxygen atoms in total. The second-order valence-corrected chi connectivity index (χ2v) is 8.87. The van der Waals surface area contributed by atoms with Crippen molar-refractivity contribution < 1.29 is 4.79 Å². The van der Waals surface area contributed by atoms with E-state index < -0.39 is 0 Å². The minimum atomic E-state index is -0.0710. The Morgan fingerprint density at radius 1 is 1.12 bits per heavy atom. The standard InChI is InChI=1S/C23H26N8OS/c1-33-23-29-19(27-17-3-4-18-16(13-17)5-10-24-18)14-20(30-23)28-21(32)15-6-11-31(12-7-15)22-25-8-2-9-26-22/h2-4,8-9,13-15,24H,5-7,10-12H2,1H3,(H2,27,28,29,30,32). The van der Waals surface area contributed by atoms with Crippen LogP contribution in [0.1, 0.15) is 18.4 Å². The lowest BCUT2D eigenvalue weighted by Gasteiger charge is -2.31. The third-order valence-electron chi connectivity index (χ3n) is 5.93. The fourth-order valence-electron chi connectivity index (χ4n) is 4.20. The minimum Gasteiger partial charge on any atom is -0.384 e. The van der Waals surface area contributed by atoms with Crippen LogP contribution in [0.25, 0.3) is 0 Å². The van der Waals surface area contributed by atoms with Crippen molar-refractivity contribution in [2.24, 2.45) is 5.92 Å². The summed E-state index contributed by atoms with van der Waals surface area (Å²) < 4.78 is 0. The SMILES string of the molecule is CSc1nc(NC(=O)C2CCN(c3ncccn3)CC2)cc(Nc2ccc3c(c2)CCN3)n1. The molecule has 10 heteroatoms. The number of anilines is 5. The molecule has 5 rings (SSSR count). The zero-order valence-electron chi connectivity index (χ0n) is 18.4. The number of carbonyl (C=O) groups is 1. The van der Waals surface area contributed by atoms with Gasteiger partial charge in [0.05, 0.1) is 0 Å². The van der Waals surface area contributed by atoms with Gasteiger partial charge < -0.3 is 20.9 Å². The predicted molar refractivity (Wildman–Crippen MR) is 131 cm³/mol. The minimum absolute atomic E-state index is 0.0102. The van der Waals surface area contributed by atoms with E-state index in [9.17, 15) is 4.79 Å². The number of hydrogen-bond donors (Lipinski definition) is 3. The van der Waals surface area contributed by atoms with Crippen molar-refractivity contribution in [3.8, 4) is 0 Å². The monoisotopic (exact) mass is 462 g/mol. The fourth-order valence-corrected chi connectivity index (χ4v) is 4.58. The van der Waals surface area contributed by atoms with Crippen LogP contribution in [0.3, 0.4) is 0 Å². The molecule has 0 radical (unpaired) electrons. The number of benzene rings is 1. The number of fused-ring (bicyclic) bond motifs is 1. The highest BCUT2D eigenvalue weighted by Gasteiger charge is 2.26. The van der Waals surface area contributed by atoms with E-state index in [1.165, 1.54) is 23.0 Å². The number of thioether (sulfide) groups is 1. The molecule has 1 aromatic carbocycles. The summed E-state index contributed by atoms with van der Waals surface area (Å²) in [6.45, 7) is 2.47. The lowest BCUT2D eigenvalue weighted by Crippen LogP contribution is -2.39. The number of amides is 1. The summed E-state index contributed by atoms with van der Waals surface area (Å²) >= 11 is 1.44. The Kier molecular flexibility index (Phi) is 6.25. The average molecular weight is 463 g/mol. The summed E-state index contributed by atoms with van der Waals surface area (Å²) in [5.41, 5.74) is 3.45. The number of aromatic nitrogens is 4. The largest absolute Gasteiger partial charge is 0.384 e. The molecule has 0 atom stereocenters. The van der Waals surface area contributed by atoms with Crippen LogP contribution in [0.2, 0.25) is 0 Å². The van der Waals surface area contributed by atoms with E-state index in [-0.39, 0.29) is 11.8 Å². The van der Waals surface area contributed by atoms with Gasteiger partial charge in [0.2, 0.25) is 11.9 Å². The molecular weight excluding hydrogens is 436 g/mol. The van der Waals surface area contributed by atoms with Crippen molar-refractivity contribution in [2.75, 3.05) is 46.7 Å². The average Bonchev–Trinajstić information content (AvgIpc) is 3.32. The van der Waals surface area contributed by atoms with Crippen LogP contribution in [0, 0.1) is 5.92 Å². The van der Waals surface area contributed by atoms with Crippen molar-refractivity contribution in [3.63, 3.8) is 0 Å². The number of carbonyl (C=O) groups excluding carboxylic acids is 1. The van der Waals surface area contributed by atoms with Crippen LogP contribution in [0.5, 0.6) is 0 Å². The zero-order valence-corrected chi connectivity index (χ0v) is 19.2. The summed E-state index contributed by atoms with van der Waals surface area (Å²) in [6, 6.07) is 9.84. The van der Waals surface area contributed by atoms with Gasteiger partial charge in [-0.2, -0.15) is 0 Å². The first-order valence-corrected chi connectivity index (χ1v) is 12.3. The van der Waals surface area contributed by atoms with Crippen LogP contribution in [0.15, 0.2) is 47.9 Å². The molecule has 1 amide bonds. The van der Waals surface area contributed by atoms with E-state index in [0.29, 0.717) is 16.8 Å². The molecule has 2 aliphatic heterocycles. The Labute approximate surface area is 196 Å². The van der Waals surface area contributed by atoms with Gasteiger partial charge in [0.25, 0.3) is 0 Å². The second kappa shape index (κ2) is 9.62. The Balaban J connectivity index is 1.24. The van der Waals surface area contributed by atoms with Gasteiger partial charge >= 0.3 is 0 Å². The molecule has 33 heavy (non-hydrogen) atoms. The lowest BCUT2D eigenvalue weighted by molar-refractivity contribution is -0.120. The quantitative estimate of drug-likeness (QED) is 0.374. The normalized spacial score (nSPS) is 15.6. The molecule has 0 aliphatic carbocycles. The zero-order chi connectivity index (χ0) is 22.6. The van der Waals surface area contributed by atoms with Gasteiger partial charge in [-0.1, -0.05) is 11.8 Å². The molecule has 2 aromatic heterocycles. The molecule has 3 aromatic rings. The molecule has 3 N–H and O–H groups in total. The Bertz CT molecular complexity index is 1130. The van der Waals surface area contributed by atoms with Crippen molar-refractivity contribution in [1.82, 2.24) is 19.9 Å². The third-order valence-corrected chi connectivity index (χ3v) is 6.48. The summed E-state index contributed by atoms with van der Waals surface area (Å²) in [5.74, 6) is 1.81. The van der Waals surface area contributed by atoms with Gasteiger partial charge in [-0.05, 0) is 55.3 Å². The first kappa shape index (κ1) is 21.4. The molecule has 0 unspecified atom stereocenters. The van der Waals surface area contributed by atoms with Crippen molar-refractivity contribution in [1.29, 1.82) is 0 Å². The van der Waals surface area contributed by atoms with Crippen LogP contribution in [0.4, 0.5) is 29.0 Å². The van der Waals surface area contributed by atoms with Crippen molar-refractivity contribution in [3.05, 3.63) is 48.3 Å². The maximum Gasteiger partial charge on any atom is 0.228 e. The number of rotatable bonds is 6. The number of nitrogens with one attached hydrogen (secondary N) is 3. The number of hydrogen-bond acceptors (Lipinski definition) is 9. The second-order valence-electron chi connectivity index (χ2n) is 8.10. The summed E-state index contributed by atoms with van der Waals surface area (Å²) in [7, 11) is 0. The third kappa shape index (κ3) is 5.00. The van der Waals surface area contributed by atoms with Crippen molar-refractivity contribution in [2.45, 2.75) is 24.4 Å². The van der Waals surface area contributed by atoms with E-state index in [0.717, 1.165) is 50.5 Å². The maximum absolute atomic E-state index is 13.0. The molecule has 0 bridgehead atoms. The molecular formula is C23H26N8OS. The first-order valence-electron chi connectivity index (χ1n) is 11.1. The summed E-state index contributed by atoms with van der Waals surface area (Å²) in [5, 5.41) is 10.3. The van der Waals surface area contributed by atoms with Crippen LogP contribution >= 0.6 is 11.8 Å². The van der Waals surface area contributed by atoms with Crippen LogP contribution in [-0.4, -0.2) is 51.7 Å². The molecule has 4 heterocycles. The van der Waals surface area contributed by atoms with Gasteiger partial charge in [-0.25, -0.2) is 19.9 Å². The van der Waals surface area contributed by atoms with E-state index >= 15 is 0 Å². The van der Waals surface area contributed by atoms with E-state index in [1.54, 1.807) is 24.5 Å². The molecule has 1 fully saturated rings. The lowest BCUT2D eigenvalue weighted by atomic mass is 9.96. The van der Waals surface area contributed by atoms with E-state index in [2.05, 4.69) is 52.9 Å². The molecule has 170 valence electrons. The highest BCUT2D eigenvalue weighted by Crippen LogP contribution is 2.28. The topological polar surface area (TPSA) is 108 Å². The van der Waals surface area contributed by atoms with Crippen LogP contribution in [-0.2, 0) is 11.2 Å². The summed E-state index contributed by atoms with van der Waals surface area (Å²) in [4.78, 5) is 32.7. The van der Waals surface area contributed by atoms with Crippen LogP contribution < -0.4 is 20.9 Å². The number of piperidine rings is 1. The van der Waals surface area contributed by atoms with Gasteiger partial charge in [0, 0.05) is 55.4 Å². The van der Waals surface area contributed by atoms with E-state index in [1.807, 2.05) is 12.3 Å². The highest BCUT2D eigenvalue weighted by atomic mass is 32.2. The Morgan fingerprint density at radius 3 is 2.70 bits per heavy atom. The van der Waals surface area contributed by atoms with Gasteiger partial charge in [0.15, 0.2) is 5.16 Å².